The smallest absolute Gasteiger partial charge is 0.402 e. The van der Waals surface area contributed by atoms with E-state index in [1.54, 1.807) is 0 Å². The van der Waals surface area contributed by atoms with Crippen molar-refractivity contribution in [1.82, 2.24) is 0 Å². The van der Waals surface area contributed by atoms with Crippen LogP contribution < -0.4 is 5.73 Å². The Balaban J connectivity index is 2.72. The number of nitrogen functional groups attached to an aromatic ring is 1. The van der Waals surface area contributed by atoms with Gasteiger partial charge in [-0.15, -0.1) is 0 Å². The van der Waals surface area contributed by atoms with Gasteiger partial charge in [0.15, 0.2) is 0 Å². The van der Waals surface area contributed by atoms with E-state index >= 15 is 0 Å². The molecule has 0 radical (unpaired) electrons. The molecular weight excluding hydrogens is 295 g/mol. The number of phenolic OH excluding ortho intramolecular Hbond substituents is 2. The Labute approximate surface area is 125 Å². The van der Waals surface area contributed by atoms with Crippen molar-refractivity contribution < 1.29 is 23.4 Å². The second kappa shape index (κ2) is 5.12. The molecule has 1 atom stereocenters. The zero-order valence-corrected chi connectivity index (χ0v) is 12.1. The molecule has 0 aliphatic heterocycles. The molecule has 1 unspecified atom stereocenters. The van der Waals surface area contributed by atoms with E-state index in [0.29, 0.717) is 5.56 Å². The Hall–Kier alpha value is -2.37. The topological polar surface area (TPSA) is 66.5 Å². The number of nitrogens with two attached hydrogens (primary N) is 1. The maximum atomic E-state index is 13.8. The van der Waals surface area contributed by atoms with Crippen LogP contribution >= 0.6 is 0 Å². The molecule has 0 heterocycles. The van der Waals surface area contributed by atoms with Crippen LogP contribution in [-0.4, -0.2) is 16.4 Å². The number of benzene rings is 2. The van der Waals surface area contributed by atoms with Crippen molar-refractivity contribution in [1.29, 1.82) is 0 Å². The number of aryl methyl sites for hydroxylation is 1. The van der Waals surface area contributed by atoms with Crippen molar-refractivity contribution in [2.75, 3.05) is 5.73 Å². The van der Waals surface area contributed by atoms with Crippen LogP contribution in [0.1, 0.15) is 23.6 Å². The van der Waals surface area contributed by atoms with Crippen LogP contribution in [0.2, 0.25) is 0 Å². The standard InChI is InChI=1S/C16H16F3NO2/c1-9-7-10(3-5-13(9)21)15(2,16(17,18)19)11-4-6-14(22)12(20)8-11/h3-8,21-22H,20H2,1-2H3. The first-order valence-corrected chi connectivity index (χ1v) is 6.53. The number of aromatic hydroxyl groups is 2. The minimum atomic E-state index is -4.58. The summed E-state index contributed by atoms with van der Waals surface area (Å²) in [4.78, 5) is 0. The van der Waals surface area contributed by atoms with Gasteiger partial charge in [-0.05, 0) is 48.7 Å². The number of hydrogen-bond donors (Lipinski definition) is 3. The van der Waals surface area contributed by atoms with Gasteiger partial charge in [-0.3, -0.25) is 0 Å². The van der Waals surface area contributed by atoms with Crippen LogP contribution in [0.25, 0.3) is 0 Å². The maximum Gasteiger partial charge on any atom is 0.402 e. The van der Waals surface area contributed by atoms with Crippen molar-refractivity contribution >= 4 is 5.69 Å². The third kappa shape index (κ3) is 2.45. The van der Waals surface area contributed by atoms with Crippen molar-refractivity contribution in [2.45, 2.75) is 25.4 Å². The van der Waals surface area contributed by atoms with E-state index in [-0.39, 0.29) is 28.3 Å². The summed E-state index contributed by atoms with van der Waals surface area (Å²) in [5, 5.41) is 19.0. The van der Waals surface area contributed by atoms with Crippen LogP contribution in [0.15, 0.2) is 36.4 Å². The summed E-state index contributed by atoms with van der Waals surface area (Å²) < 4.78 is 41.3. The largest absolute Gasteiger partial charge is 0.508 e. The van der Waals surface area contributed by atoms with Crippen molar-refractivity contribution in [3.63, 3.8) is 0 Å². The van der Waals surface area contributed by atoms with Gasteiger partial charge in [-0.1, -0.05) is 18.2 Å². The zero-order chi connectivity index (χ0) is 16.7. The summed E-state index contributed by atoms with van der Waals surface area (Å²) >= 11 is 0. The molecule has 0 saturated carbocycles. The molecule has 0 spiro atoms. The van der Waals surface area contributed by atoms with E-state index < -0.39 is 11.6 Å². The molecular formula is C16H16F3NO2. The van der Waals surface area contributed by atoms with Crippen LogP contribution in [0.3, 0.4) is 0 Å². The predicted molar refractivity (Wildman–Crippen MR) is 77.9 cm³/mol. The highest BCUT2D eigenvalue weighted by Gasteiger charge is 2.53. The van der Waals surface area contributed by atoms with Gasteiger partial charge in [-0.25, -0.2) is 0 Å². The number of alkyl halides is 3. The molecule has 4 N–H and O–H groups in total. The number of halogens is 3. The van der Waals surface area contributed by atoms with Crippen LogP contribution in [0.5, 0.6) is 11.5 Å². The highest BCUT2D eigenvalue weighted by molar-refractivity contribution is 5.57. The SMILES string of the molecule is Cc1cc(C(C)(c2ccc(O)c(N)c2)C(F)(F)F)ccc1O. The van der Waals surface area contributed by atoms with Gasteiger partial charge in [-0.2, -0.15) is 13.2 Å². The summed E-state index contributed by atoms with van der Waals surface area (Å²) in [6.07, 6.45) is -4.58. The highest BCUT2D eigenvalue weighted by Crippen LogP contribution is 2.47. The molecule has 2 aromatic carbocycles. The normalized spacial score (nSPS) is 14.6. The second-order valence-electron chi connectivity index (χ2n) is 5.40. The van der Waals surface area contributed by atoms with E-state index in [9.17, 15) is 23.4 Å². The van der Waals surface area contributed by atoms with Crippen LogP contribution in [0.4, 0.5) is 18.9 Å². The fourth-order valence-electron chi connectivity index (χ4n) is 2.33. The maximum absolute atomic E-state index is 13.8. The third-order valence-electron chi connectivity index (χ3n) is 3.95. The van der Waals surface area contributed by atoms with Crippen LogP contribution in [0, 0.1) is 6.92 Å². The van der Waals surface area contributed by atoms with E-state index in [0.717, 1.165) is 19.1 Å². The minimum Gasteiger partial charge on any atom is -0.508 e. The number of hydrogen-bond acceptors (Lipinski definition) is 3. The van der Waals surface area contributed by atoms with E-state index in [4.69, 9.17) is 5.73 Å². The molecule has 6 heteroatoms. The fourth-order valence-corrected chi connectivity index (χ4v) is 2.33. The van der Waals surface area contributed by atoms with E-state index in [1.165, 1.54) is 31.2 Å². The molecule has 0 aromatic heterocycles. The van der Waals surface area contributed by atoms with Crippen molar-refractivity contribution in [3.05, 3.63) is 53.1 Å². The lowest BCUT2D eigenvalue weighted by molar-refractivity contribution is -0.173. The average molecular weight is 311 g/mol. The van der Waals surface area contributed by atoms with E-state index in [1.807, 2.05) is 0 Å². The van der Waals surface area contributed by atoms with Crippen molar-refractivity contribution in [3.8, 4) is 11.5 Å². The van der Waals surface area contributed by atoms with Gasteiger partial charge in [0.1, 0.15) is 16.9 Å². The Bertz CT molecular complexity index is 660. The van der Waals surface area contributed by atoms with Gasteiger partial charge in [0, 0.05) is 0 Å². The zero-order valence-electron chi connectivity index (χ0n) is 12.1. The van der Waals surface area contributed by atoms with Gasteiger partial charge < -0.3 is 15.9 Å². The van der Waals surface area contributed by atoms with Crippen LogP contribution in [-0.2, 0) is 5.41 Å². The second-order valence-corrected chi connectivity index (χ2v) is 5.40. The monoisotopic (exact) mass is 311 g/mol. The molecule has 0 fully saturated rings. The summed E-state index contributed by atoms with van der Waals surface area (Å²) in [7, 11) is 0. The summed E-state index contributed by atoms with van der Waals surface area (Å²) in [6.45, 7) is 2.57. The molecule has 118 valence electrons. The molecule has 0 amide bonds. The molecule has 2 rings (SSSR count). The lowest BCUT2D eigenvalue weighted by atomic mass is 9.75. The number of rotatable bonds is 2. The summed E-state index contributed by atoms with van der Waals surface area (Å²) in [5.41, 5.74) is 3.35. The molecule has 0 bridgehead atoms. The quantitative estimate of drug-likeness (QED) is 0.583. The van der Waals surface area contributed by atoms with Gasteiger partial charge in [0.2, 0.25) is 0 Å². The molecule has 0 aliphatic rings. The third-order valence-corrected chi connectivity index (χ3v) is 3.95. The molecule has 3 nitrogen and oxygen atoms in total. The van der Waals surface area contributed by atoms with Crippen molar-refractivity contribution in [2.24, 2.45) is 0 Å². The Morgan fingerprint density at radius 3 is 1.86 bits per heavy atom. The van der Waals surface area contributed by atoms with E-state index in [2.05, 4.69) is 0 Å². The highest BCUT2D eigenvalue weighted by atomic mass is 19.4. The summed E-state index contributed by atoms with van der Waals surface area (Å²) in [5.74, 6) is -0.339. The molecule has 2 aromatic rings. The van der Waals surface area contributed by atoms with Gasteiger partial charge in [0.25, 0.3) is 0 Å². The molecule has 0 aliphatic carbocycles. The lowest BCUT2D eigenvalue weighted by Gasteiger charge is -2.33. The minimum absolute atomic E-state index is 0.0135. The Morgan fingerprint density at radius 1 is 0.909 bits per heavy atom. The Morgan fingerprint density at radius 2 is 1.41 bits per heavy atom. The van der Waals surface area contributed by atoms with Gasteiger partial charge in [0.05, 0.1) is 5.69 Å². The first kappa shape index (κ1) is 16.0. The summed E-state index contributed by atoms with van der Waals surface area (Å²) in [6, 6.07) is 7.22. The lowest BCUT2D eigenvalue weighted by Crippen LogP contribution is -2.40. The molecule has 0 saturated heterocycles. The number of phenols is 2. The fraction of sp³-hybridized carbons (Fsp3) is 0.250. The molecule has 22 heavy (non-hydrogen) atoms. The number of anilines is 1. The average Bonchev–Trinajstić information content (AvgIpc) is 2.42. The Kier molecular flexibility index (Phi) is 3.73. The first-order chi connectivity index (χ1) is 10.1. The van der Waals surface area contributed by atoms with Gasteiger partial charge >= 0.3 is 6.18 Å². The predicted octanol–water partition coefficient (Wildman–Crippen LogP) is 3.86. The first-order valence-electron chi connectivity index (χ1n) is 6.53.